The molecule has 5 heteroatoms. The van der Waals surface area contributed by atoms with E-state index in [9.17, 15) is 5.26 Å². The number of rotatable bonds is 1. The fourth-order valence-corrected chi connectivity index (χ4v) is 2.68. The van der Waals surface area contributed by atoms with E-state index in [0.29, 0.717) is 5.52 Å². The lowest BCUT2D eigenvalue weighted by Gasteiger charge is -2.09. The Morgan fingerprint density at radius 1 is 1.05 bits per heavy atom. The van der Waals surface area contributed by atoms with Crippen molar-refractivity contribution in [2.45, 2.75) is 0 Å². The summed E-state index contributed by atoms with van der Waals surface area (Å²) >= 11 is 0. The molecule has 0 spiro atoms. The Morgan fingerprint density at radius 2 is 1.77 bits per heavy atom. The molecule has 0 unspecified atom stereocenters. The van der Waals surface area contributed by atoms with Crippen LogP contribution in [0.2, 0.25) is 0 Å². The summed E-state index contributed by atoms with van der Waals surface area (Å²) in [6.07, 6.45) is 0. The van der Waals surface area contributed by atoms with Crippen LogP contribution in [0.3, 0.4) is 0 Å². The molecule has 4 aromatic rings. The molecular formula is C17H11N5. The van der Waals surface area contributed by atoms with Gasteiger partial charge in [-0.05, 0) is 18.2 Å². The molecule has 0 atom stereocenters. The third-order valence-corrected chi connectivity index (χ3v) is 3.67. The molecule has 0 aliphatic carbocycles. The van der Waals surface area contributed by atoms with E-state index in [4.69, 9.17) is 5.41 Å². The first kappa shape index (κ1) is 12.4. The van der Waals surface area contributed by atoms with Gasteiger partial charge in [-0.25, -0.2) is 4.98 Å². The number of hydrogen-bond donors (Lipinski definition) is 2. The Bertz CT molecular complexity index is 1100. The minimum absolute atomic E-state index is 0.0766. The van der Waals surface area contributed by atoms with Crippen LogP contribution in [0.1, 0.15) is 5.69 Å². The predicted molar refractivity (Wildman–Crippen MR) is 83.5 cm³/mol. The maximum absolute atomic E-state index is 9.30. The maximum atomic E-state index is 9.30. The number of benzene rings is 2. The average molecular weight is 285 g/mol. The Labute approximate surface area is 125 Å². The SMILES string of the molecule is N#Cc1nc2c3ccccc3[nH]c2n(-c2ccccc2)c1=N. The highest BCUT2D eigenvalue weighted by molar-refractivity contribution is 6.04. The Balaban J connectivity index is 2.26. The van der Waals surface area contributed by atoms with Crippen LogP contribution < -0.4 is 5.49 Å². The normalized spacial score (nSPS) is 10.9. The van der Waals surface area contributed by atoms with E-state index in [1.807, 2.05) is 60.7 Å². The number of aromatic nitrogens is 3. The first-order chi connectivity index (χ1) is 10.8. The molecule has 0 saturated carbocycles. The van der Waals surface area contributed by atoms with Gasteiger partial charge in [-0.1, -0.05) is 36.4 Å². The molecule has 104 valence electrons. The molecule has 0 bridgehead atoms. The predicted octanol–water partition coefficient (Wildman–Crippen LogP) is 2.86. The molecule has 5 nitrogen and oxygen atoms in total. The van der Waals surface area contributed by atoms with Gasteiger partial charge >= 0.3 is 0 Å². The largest absolute Gasteiger partial charge is 0.339 e. The minimum Gasteiger partial charge on any atom is -0.339 e. The summed E-state index contributed by atoms with van der Waals surface area (Å²) in [4.78, 5) is 7.68. The van der Waals surface area contributed by atoms with Gasteiger partial charge in [0.05, 0.1) is 0 Å². The van der Waals surface area contributed by atoms with E-state index in [1.165, 1.54) is 0 Å². The molecule has 0 aliphatic rings. The fourth-order valence-electron chi connectivity index (χ4n) is 2.68. The smallest absolute Gasteiger partial charge is 0.184 e. The van der Waals surface area contributed by atoms with Crippen molar-refractivity contribution in [2.24, 2.45) is 0 Å². The molecule has 0 saturated heterocycles. The van der Waals surface area contributed by atoms with Crippen LogP contribution in [0.15, 0.2) is 54.6 Å². The number of nitrogens with one attached hydrogen (secondary N) is 2. The van der Waals surface area contributed by atoms with E-state index < -0.39 is 0 Å². The van der Waals surface area contributed by atoms with Crippen molar-refractivity contribution >= 4 is 22.1 Å². The van der Waals surface area contributed by atoms with Gasteiger partial charge < -0.3 is 4.98 Å². The lowest BCUT2D eigenvalue weighted by Crippen LogP contribution is -2.23. The van der Waals surface area contributed by atoms with Gasteiger partial charge in [0.25, 0.3) is 0 Å². The molecule has 2 aromatic heterocycles. The van der Waals surface area contributed by atoms with Crippen LogP contribution in [-0.2, 0) is 0 Å². The summed E-state index contributed by atoms with van der Waals surface area (Å²) in [7, 11) is 0. The molecule has 0 amide bonds. The van der Waals surface area contributed by atoms with E-state index in [0.717, 1.165) is 22.2 Å². The molecule has 22 heavy (non-hydrogen) atoms. The Hall–Kier alpha value is -3.39. The first-order valence-electron chi connectivity index (χ1n) is 6.83. The van der Waals surface area contributed by atoms with Crippen LogP contribution in [0.25, 0.3) is 27.8 Å². The number of aromatic amines is 1. The van der Waals surface area contributed by atoms with E-state index in [-0.39, 0.29) is 11.2 Å². The molecule has 0 radical (unpaired) electrons. The fraction of sp³-hybridized carbons (Fsp3) is 0. The number of H-pyrrole nitrogens is 1. The second-order valence-electron chi connectivity index (χ2n) is 4.96. The zero-order chi connectivity index (χ0) is 15.1. The van der Waals surface area contributed by atoms with E-state index in [1.54, 1.807) is 4.57 Å². The zero-order valence-electron chi connectivity index (χ0n) is 11.5. The maximum Gasteiger partial charge on any atom is 0.184 e. The van der Waals surface area contributed by atoms with Crippen molar-refractivity contribution in [2.75, 3.05) is 0 Å². The first-order valence-corrected chi connectivity index (χ1v) is 6.83. The third-order valence-electron chi connectivity index (χ3n) is 3.67. The van der Waals surface area contributed by atoms with Crippen LogP contribution in [0.5, 0.6) is 0 Å². The van der Waals surface area contributed by atoms with E-state index in [2.05, 4.69) is 9.97 Å². The van der Waals surface area contributed by atoms with Gasteiger partial charge in [0.1, 0.15) is 17.2 Å². The number of nitriles is 1. The molecular weight excluding hydrogens is 274 g/mol. The molecule has 0 fully saturated rings. The van der Waals surface area contributed by atoms with Crippen molar-refractivity contribution in [3.8, 4) is 11.8 Å². The summed E-state index contributed by atoms with van der Waals surface area (Å²) < 4.78 is 1.72. The highest BCUT2D eigenvalue weighted by Gasteiger charge is 2.14. The van der Waals surface area contributed by atoms with Crippen LogP contribution >= 0.6 is 0 Å². The second-order valence-corrected chi connectivity index (χ2v) is 4.96. The van der Waals surface area contributed by atoms with Crippen LogP contribution in [-0.4, -0.2) is 14.5 Å². The molecule has 0 aliphatic heterocycles. The van der Waals surface area contributed by atoms with Crippen LogP contribution in [0, 0.1) is 16.7 Å². The topological polar surface area (TPSA) is 81.2 Å². The average Bonchev–Trinajstić information content (AvgIpc) is 2.93. The monoisotopic (exact) mass is 285 g/mol. The zero-order valence-corrected chi connectivity index (χ0v) is 11.5. The van der Waals surface area contributed by atoms with Crippen molar-refractivity contribution in [3.05, 3.63) is 65.8 Å². The quantitative estimate of drug-likeness (QED) is 0.564. The Kier molecular flexibility index (Phi) is 2.57. The van der Waals surface area contributed by atoms with Crippen molar-refractivity contribution < 1.29 is 0 Å². The van der Waals surface area contributed by atoms with Gasteiger partial charge in [0.15, 0.2) is 11.2 Å². The van der Waals surface area contributed by atoms with Gasteiger partial charge in [-0.2, -0.15) is 5.26 Å². The number of para-hydroxylation sites is 2. The summed E-state index contributed by atoms with van der Waals surface area (Å²) in [6, 6.07) is 19.4. The number of fused-ring (bicyclic) bond motifs is 3. The van der Waals surface area contributed by atoms with Crippen LogP contribution in [0.4, 0.5) is 0 Å². The summed E-state index contributed by atoms with van der Waals surface area (Å²) in [5.41, 5.74) is 3.37. The second kappa shape index (κ2) is 4.57. The Morgan fingerprint density at radius 3 is 2.55 bits per heavy atom. The lowest BCUT2D eigenvalue weighted by molar-refractivity contribution is 0.922. The summed E-state index contributed by atoms with van der Waals surface area (Å²) in [5, 5.41) is 18.5. The standard InChI is InChI=1S/C17H11N5/c18-10-14-16(19)22(11-6-2-1-3-7-11)17-15(20-14)12-8-4-5-9-13(12)21-17/h1-9,19,21H. The minimum atomic E-state index is 0.0766. The lowest BCUT2D eigenvalue weighted by atomic mass is 10.2. The highest BCUT2D eigenvalue weighted by atomic mass is 15.1. The summed E-state index contributed by atoms with van der Waals surface area (Å²) in [6.45, 7) is 0. The van der Waals surface area contributed by atoms with Gasteiger partial charge in [-0.3, -0.25) is 9.98 Å². The molecule has 2 heterocycles. The molecule has 2 aromatic carbocycles. The van der Waals surface area contributed by atoms with Crippen molar-refractivity contribution in [1.29, 1.82) is 10.7 Å². The number of nitrogens with zero attached hydrogens (tertiary/aromatic N) is 3. The van der Waals surface area contributed by atoms with E-state index >= 15 is 0 Å². The molecule has 4 rings (SSSR count). The van der Waals surface area contributed by atoms with Crippen molar-refractivity contribution in [1.82, 2.24) is 14.5 Å². The van der Waals surface area contributed by atoms with Gasteiger partial charge in [0.2, 0.25) is 0 Å². The third kappa shape index (κ3) is 1.64. The van der Waals surface area contributed by atoms with Gasteiger partial charge in [0, 0.05) is 16.6 Å². The summed E-state index contributed by atoms with van der Waals surface area (Å²) in [5.74, 6) is 0. The number of hydrogen-bond acceptors (Lipinski definition) is 3. The van der Waals surface area contributed by atoms with Gasteiger partial charge in [-0.15, -0.1) is 0 Å². The molecule has 2 N–H and O–H groups in total. The highest BCUT2D eigenvalue weighted by Crippen LogP contribution is 2.24. The van der Waals surface area contributed by atoms with Crippen molar-refractivity contribution in [3.63, 3.8) is 0 Å².